The van der Waals surface area contributed by atoms with Crippen LogP contribution in [0.15, 0.2) is 152 Å². The van der Waals surface area contributed by atoms with Crippen LogP contribution in [0.1, 0.15) is 123 Å². The van der Waals surface area contributed by atoms with Gasteiger partial charge in [-0.2, -0.15) is 5.10 Å². The molecule has 0 atom stereocenters. The van der Waals surface area contributed by atoms with Crippen LogP contribution in [-0.4, -0.2) is 141 Å². The van der Waals surface area contributed by atoms with Gasteiger partial charge in [0, 0.05) is 93.0 Å². The van der Waals surface area contributed by atoms with E-state index in [1.165, 1.54) is 38.5 Å². The topological polar surface area (TPSA) is 446 Å². The Morgan fingerprint density at radius 1 is 0.607 bits per heavy atom. The normalized spacial score (nSPS) is 10.5. The zero-order valence-electron chi connectivity index (χ0n) is 64.8. The van der Waals surface area contributed by atoms with Crippen LogP contribution in [0.5, 0.6) is 0 Å². The second kappa shape index (κ2) is 48.7. The Morgan fingerprint density at radius 3 is 1.46 bits per heavy atom. The molecule has 112 heavy (non-hydrogen) atoms. The van der Waals surface area contributed by atoms with Crippen LogP contribution < -0.4 is 147 Å². The molecule has 0 saturated heterocycles. The maximum atomic E-state index is 14.0. The standard InChI is InChI=1S/C22H23ClFN5O3.C15H18N2O3.C12H16ClFN2O.C11H10N2O3.C9H8N2O.C6H11BrO2.CH2O3.2K.H/c1-13(2)28(11-18(30)26-10-14-6-5-8-16(23)20(14)24)19(31)12-29-17-9-4-3-7-15(17)21(27-29)22(25)32;1-15(2,3)20-13(18)9-17-8-11(14(16)19)10-6-4-5-7-12(10)17;1-8(2)15-7-11(17)16-6-9-4-3-5-10(13)12(9)14;12-11(16)8-5-13(6-10(14)15)9-4-2-1-3-7(8)9;10-9(12)7-5-11-8-4-2-1-3-6(7)8;1-6(2,3)9-5(8)4-7;2-1-4-3;;;/h3-9,13H,10-12H2,1-2H3,(H2,25,32)(H,26,30);4-8H,9H2,1-3H3,(H2,16,19);3-5,8,15H,6-7H2,1-2H3,(H,16,17);1-5H,6H2,(H2,12,16)(H,14,15);1-5,11H,(H2,10,12);4H2,1-3H3;1,3H;;;/q;;;;;;;2*+1;-1/p-1. The number of carboxylic acids is 1. The molecular weight excluding hydrogens is 1620 g/mol. The number of alkyl halides is 1. The Kier molecular flexibility index (Phi) is 43.4. The van der Waals surface area contributed by atoms with Crippen molar-refractivity contribution in [2.24, 2.45) is 22.9 Å². The molecule has 0 aliphatic rings. The van der Waals surface area contributed by atoms with Crippen molar-refractivity contribution < 1.29 is 190 Å². The maximum Gasteiger partial charge on any atom is 1.00 e. The van der Waals surface area contributed by atoms with E-state index >= 15 is 0 Å². The summed E-state index contributed by atoms with van der Waals surface area (Å²) < 4.78 is 42.2. The van der Waals surface area contributed by atoms with E-state index in [-0.39, 0.29) is 225 Å². The third kappa shape index (κ3) is 33.0. The molecule has 0 fully saturated rings. The summed E-state index contributed by atoms with van der Waals surface area (Å²) in [6.07, 6.45) is 4.70. The number of H-pyrrole nitrogens is 1. The molecule has 590 valence electrons. The number of halogens is 5. The average molecular weight is 1710 g/mol. The van der Waals surface area contributed by atoms with Gasteiger partial charge in [0.15, 0.2) is 5.69 Å². The number of nitrogens with one attached hydrogen (secondary N) is 4. The number of hydrogen-bond donors (Lipinski definition) is 9. The van der Waals surface area contributed by atoms with E-state index in [0.717, 1.165) is 21.8 Å². The Bertz CT molecular complexity index is 4900. The van der Waals surface area contributed by atoms with Gasteiger partial charge in [-0.3, -0.25) is 57.4 Å². The summed E-state index contributed by atoms with van der Waals surface area (Å²) in [5, 5.41) is 32.7. The number of fused-ring (bicyclic) bond motifs is 4. The number of benzene rings is 6. The van der Waals surface area contributed by atoms with Crippen LogP contribution in [0, 0.1) is 11.6 Å². The maximum absolute atomic E-state index is 14.0. The van der Waals surface area contributed by atoms with Crippen LogP contribution in [0.25, 0.3) is 43.6 Å². The summed E-state index contributed by atoms with van der Waals surface area (Å²) in [5.74, 6) is -5.75. The molecule has 0 bridgehead atoms. The molecule has 0 radical (unpaired) electrons. The molecule has 6 aromatic carbocycles. The largest absolute Gasteiger partial charge is 1.00 e. The van der Waals surface area contributed by atoms with Crippen LogP contribution in [0.2, 0.25) is 10.0 Å². The van der Waals surface area contributed by atoms with Crippen molar-refractivity contribution in [3.05, 3.63) is 207 Å². The van der Waals surface area contributed by atoms with Gasteiger partial charge in [-0.05, 0) is 91.8 Å². The number of primary amides is 4. The average Bonchev–Trinajstić information content (AvgIpc) is 1.66. The Labute approximate surface area is 749 Å². The van der Waals surface area contributed by atoms with E-state index in [4.69, 9.17) is 70.8 Å². The smallest absolute Gasteiger partial charge is 1.00 e. The van der Waals surface area contributed by atoms with E-state index in [1.54, 1.807) is 104 Å². The minimum Gasteiger partial charge on any atom is -1.00 e. The first-order valence-electron chi connectivity index (χ1n) is 33.4. The van der Waals surface area contributed by atoms with Gasteiger partial charge >= 0.3 is 121 Å². The first kappa shape index (κ1) is 99.8. The number of aromatic amines is 1. The van der Waals surface area contributed by atoms with Crippen LogP contribution in [0.4, 0.5) is 8.78 Å². The number of carboxylic acid groups (broad SMARTS) is 1. The molecule has 0 aliphatic heterocycles. The number of para-hydroxylation sites is 4. The molecule has 0 spiro atoms. The van der Waals surface area contributed by atoms with Gasteiger partial charge < -0.3 is 84.1 Å². The summed E-state index contributed by atoms with van der Waals surface area (Å²) in [5.41, 5.74) is 25.3. The van der Waals surface area contributed by atoms with Gasteiger partial charge in [0.2, 0.25) is 17.7 Å². The molecule has 29 nitrogen and oxygen atoms in total. The molecule has 13 N–H and O–H groups in total. The molecule has 4 aromatic heterocycles. The van der Waals surface area contributed by atoms with Gasteiger partial charge in [0.25, 0.3) is 30.1 Å². The number of nitrogens with two attached hydrogens (primary N) is 4. The van der Waals surface area contributed by atoms with Crippen LogP contribution in [0.3, 0.4) is 0 Å². The van der Waals surface area contributed by atoms with E-state index in [9.17, 15) is 56.7 Å². The van der Waals surface area contributed by atoms with E-state index in [2.05, 4.69) is 46.9 Å². The van der Waals surface area contributed by atoms with Crippen molar-refractivity contribution >= 4 is 148 Å². The molecule has 10 rings (SSSR count). The molecule has 10 aromatic rings. The molecule has 0 unspecified atom stereocenters. The zero-order valence-corrected chi connectivity index (χ0v) is 73.2. The predicted octanol–water partition coefficient (Wildman–Crippen LogP) is 3.03. The van der Waals surface area contributed by atoms with Gasteiger partial charge in [0.1, 0.15) is 47.8 Å². The Hall–Kier alpha value is -8.31. The van der Waals surface area contributed by atoms with E-state index in [0.29, 0.717) is 44.1 Å². The molecular formula is C76H88BrCl2F2K2N13O16. The zero-order chi connectivity index (χ0) is 82.3. The summed E-state index contributed by atoms with van der Waals surface area (Å²) in [4.78, 5) is 131. The predicted molar refractivity (Wildman–Crippen MR) is 414 cm³/mol. The number of hydrogen-bond acceptors (Lipinski definition) is 17. The van der Waals surface area contributed by atoms with Crippen molar-refractivity contribution in [3.8, 4) is 0 Å². The summed E-state index contributed by atoms with van der Waals surface area (Å²) in [6, 6.07) is 38.1. The SMILES string of the molecule is CC(C)(C)OC(=O)CBr.CC(C)(C)OC(=O)Cn1cc(C(N)=O)c2ccccc21.CC(C)N(CC(=O)NCc1cccc(Cl)c1F)C(=O)Cn1nc(C(N)=O)c2ccccc21.CC(C)NCC(=O)NCc1cccc(Cl)c1F.NC(=O)c1c[nH]c2ccccc12.NC(=O)c1cn(CC(=O)O)c2ccccc12.O=CO[O-].[H-].[K+].[K+]. The number of aromatic nitrogens is 5. The minimum atomic E-state index is -0.961. The minimum absolute atomic E-state index is 0. The Morgan fingerprint density at radius 2 is 1.04 bits per heavy atom. The van der Waals surface area contributed by atoms with Crippen molar-refractivity contribution in [2.45, 2.75) is 125 Å². The summed E-state index contributed by atoms with van der Waals surface area (Å²) in [6.45, 7) is 18.0. The van der Waals surface area contributed by atoms with Gasteiger partial charge in [-0.1, -0.05) is 150 Å². The fourth-order valence-corrected chi connectivity index (χ4v) is 10.5. The quantitative estimate of drug-likeness (QED) is 0.0118. The monoisotopic (exact) mass is 1700 g/mol. The second-order valence-electron chi connectivity index (χ2n) is 26.1. The van der Waals surface area contributed by atoms with Gasteiger partial charge in [-0.15, -0.1) is 0 Å². The number of amides is 7. The van der Waals surface area contributed by atoms with E-state index < -0.39 is 52.7 Å². The number of esters is 2. The number of nitrogens with zero attached hydrogens (tertiary/aromatic N) is 5. The van der Waals surface area contributed by atoms with Crippen LogP contribution in [-0.2, 0) is 80.6 Å². The first-order chi connectivity index (χ1) is 51.7. The third-order valence-electron chi connectivity index (χ3n) is 14.7. The first-order valence-corrected chi connectivity index (χ1v) is 35.3. The summed E-state index contributed by atoms with van der Waals surface area (Å²) in [7, 11) is 0. The number of rotatable bonds is 22. The molecule has 4 heterocycles. The number of aliphatic carboxylic acids is 1. The molecule has 36 heteroatoms. The van der Waals surface area contributed by atoms with Crippen molar-refractivity contribution in [1.29, 1.82) is 0 Å². The molecule has 0 aliphatic carbocycles. The number of ether oxygens (including phenoxy) is 2. The summed E-state index contributed by atoms with van der Waals surface area (Å²) >= 11 is 14.4. The van der Waals surface area contributed by atoms with Crippen molar-refractivity contribution in [3.63, 3.8) is 0 Å². The fourth-order valence-electron chi connectivity index (χ4n) is 9.99. The van der Waals surface area contributed by atoms with Gasteiger partial charge in [-0.25, -0.2) is 8.78 Å². The third-order valence-corrected chi connectivity index (χ3v) is 15.7. The Balaban J connectivity index is 0.000000696. The molecule has 7 amide bonds. The van der Waals surface area contributed by atoms with Crippen LogP contribution >= 0.6 is 39.1 Å². The van der Waals surface area contributed by atoms with Crippen molar-refractivity contribution in [2.75, 3.05) is 18.4 Å². The van der Waals surface area contributed by atoms with Gasteiger partial charge in [0.05, 0.1) is 45.3 Å². The second-order valence-corrected chi connectivity index (χ2v) is 27.5. The molecule has 0 saturated carbocycles. The number of carbonyl (C=O) groups excluding carboxylic acids is 10. The van der Waals surface area contributed by atoms with E-state index in [1.807, 2.05) is 97.9 Å². The number of carbonyl (C=O) groups is 11. The fraction of sp³-hybridized carbons (Fsp3) is 0.289. The van der Waals surface area contributed by atoms with Crippen molar-refractivity contribution in [1.82, 2.24) is 44.7 Å².